The van der Waals surface area contributed by atoms with Gasteiger partial charge in [0.15, 0.2) is 11.5 Å². The molecule has 0 fully saturated rings. The number of ether oxygens (including phenoxy) is 3. The van der Waals surface area contributed by atoms with Crippen LogP contribution in [0.1, 0.15) is 33.9 Å². The molecule has 6 rings (SSSR count). The molecule has 0 bridgehead atoms. The molecule has 2 heterocycles. The first kappa shape index (κ1) is 30.5. The van der Waals surface area contributed by atoms with Gasteiger partial charge in [-0.15, -0.1) is 0 Å². The summed E-state index contributed by atoms with van der Waals surface area (Å²) in [4.78, 5) is 42.0. The van der Waals surface area contributed by atoms with Gasteiger partial charge in [0.2, 0.25) is 5.75 Å². The first-order valence-corrected chi connectivity index (χ1v) is 14.9. The van der Waals surface area contributed by atoms with Crippen LogP contribution in [0.15, 0.2) is 99.3 Å². The highest BCUT2D eigenvalue weighted by atomic mass is 79.9. The summed E-state index contributed by atoms with van der Waals surface area (Å²) in [7, 11) is 4.37. The highest BCUT2D eigenvalue weighted by Gasteiger charge is 2.37. The number of nitro benzene ring substituents is 1. The number of rotatable bonds is 8. The lowest BCUT2D eigenvalue weighted by Gasteiger charge is -2.23. The number of hydrazone groups is 1. The minimum atomic E-state index is -0.691. The van der Waals surface area contributed by atoms with E-state index in [0.717, 1.165) is 15.4 Å². The number of halogens is 1. The molecular weight excluding hydrogens is 656 g/mol. The molecule has 1 aliphatic heterocycles. The van der Waals surface area contributed by atoms with Crippen molar-refractivity contribution in [3.05, 3.63) is 127 Å². The number of hydrogen-bond donors (Lipinski definition) is 1. The number of carbonyl (C=O) groups excluding carboxylic acids is 1. The number of aromatic amines is 1. The second-order valence-corrected chi connectivity index (χ2v) is 11.4. The molecule has 5 aromatic rings. The Morgan fingerprint density at radius 2 is 1.61 bits per heavy atom. The minimum absolute atomic E-state index is 0.0895. The van der Waals surface area contributed by atoms with Gasteiger partial charge in [0.05, 0.1) is 43.6 Å². The number of nitrogens with one attached hydrogen (secondary N) is 1. The monoisotopic (exact) mass is 682 g/mol. The fourth-order valence-electron chi connectivity index (χ4n) is 5.71. The topological polar surface area (TPSA) is 136 Å². The highest BCUT2D eigenvalue weighted by molar-refractivity contribution is 9.10. The smallest absolute Gasteiger partial charge is 0.274 e. The number of nitro groups is 1. The van der Waals surface area contributed by atoms with E-state index in [9.17, 15) is 19.7 Å². The molecule has 1 aliphatic rings. The molecule has 0 saturated heterocycles. The van der Waals surface area contributed by atoms with Crippen LogP contribution in [-0.2, 0) is 0 Å². The van der Waals surface area contributed by atoms with Crippen LogP contribution in [0.25, 0.3) is 22.0 Å². The van der Waals surface area contributed by atoms with Gasteiger partial charge in [-0.1, -0.05) is 58.4 Å². The third-order valence-electron chi connectivity index (χ3n) is 7.85. The fourth-order valence-corrected chi connectivity index (χ4v) is 6.07. The maximum Gasteiger partial charge on any atom is 0.274 e. The third-order valence-corrected chi connectivity index (χ3v) is 8.34. The van der Waals surface area contributed by atoms with E-state index in [1.165, 1.54) is 50.6 Å². The Labute approximate surface area is 271 Å². The van der Waals surface area contributed by atoms with Gasteiger partial charge in [0.25, 0.3) is 17.2 Å². The Morgan fingerprint density at radius 1 is 0.935 bits per heavy atom. The van der Waals surface area contributed by atoms with Crippen LogP contribution in [0.4, 0.5) is 5.69 Å². The maximum absolute atomic E-state index is 14.3. The summed E-state index contributed by atoms with van der Waals surface area (Å²) in [5.41, 5.74) is 3.17. The predicted molar refractivity (Wildman–Crippen MR) is 177 cm³/mol. The van der Waals surface area contributed by atoms with Crippen LogP contribution in [0.3, 0.4) is 0 Å². The van der Waals surface area contributed by atoms with Gasteiger partial charge in [0.1, 0.15) is 0 Å². The summed E-state index contributed by atoms with van der Waals surface area (Å²) in [5, 5.41) is 18.3. The molecule has 1 amide bonds. The first-order valence-electron chi connectivity index (χ1n) is 14.1. The molecule has 12 heteroatoms. The largest absolute Gasteiger partial charge is 0.493 e. The predicted octanol–water partition coefficient (Wildman–Crippen LogP) is 6.88. The van der Waals surface area contributed by atoms with E-state index in [1.807, 2.05) is 48.5 Å². The van der Waals surface area contributed by atoms with Gasteiger partial charge in [-0.25, -0.2) is 5.01 Å². The van der Waals surface area contributed by atoms with Crippen molar-refractivity contribution in [1.29, 1.82) is 0 Å². The van der Waals surface area contributed by atoms with Crippen LogP contribution >= 0.6 is 15.9 Å². The Bertz CT molecular complexity index is 2050. The first-order chi connectivity index (χ1) is 22.2. The van der Waals surface area contributed by atoms with Crippen molar-refractivity contribution in [1.82, 2.24) is 9.99 Å². The highest BCUT2D eigenvalue weighted by Crippen LogP contribution is 2.41. The minimum Gasteiger partial charge on any atom is -0.493 e. The van der Waals surface area contributed by atoms with E-state index in [4.69, 9.17) is 19.3 Å². The van der Waals surface area contributed by atoms with Crippen LogP contribution in [0.5, 0.6) is 17.2 Å². The second kappa shape index (κ2) is 12.5. The fraction of sp³-hybridized carbons (Fsp3) is 0.147. The molecule has 4 aromatic carbocycles. The van der Waals surface area contributed by atoms with E-state index < -0.39 is 16.9 Å². The lowest BCUT2D eigenvalue weighted by atomic mass is 9.91. The summed E-state index contributed by atoms with van der Waals surface area (Å²) < 4.78 is 17.2. The van der Waals surface area contributed by atoms with Crippen LogP contribution in [0.2, 0.25) is 0 Å². The van der Waals surface area contributed by atoms with Gasteiger partial charge >= 0.3 is 0 Å². The van der Waals surface area contributed by atoms with Crippen molar-refractivity contribution in [3.63, 3.8) is 0 Å². The van der Waals surface area contributed by atoms with Gasteiger partial charge in [0, 0.05) is 45.1 Å². The molecule has 0 unspecified atom stereocenters. The summed E-state index contributed by atoms with van der Waals surface area (Å²) in [6.45, 7) is 0. The van der Waals surface area contributed by atoms with Crippen molar-refractivity contribution >= 4 is 44.1 Å². The van der Waals surface area contributed by atoms with Crippen molar-refractivity contribution in [2.75, 3.05) is 21.3 Å². The van der Waals surface area contributed by atoms with Crippen molar-refractivity contribution in [2.24, 2.45) is 5.10 Å². The molecule has 0 radical (unpaired) electrons. The van der Waals surface area contributed by atoms with Crippen molar-refractivity contribution < 1.29 is 23.9 Å². The number of benzene rings is 4. The Morgan fingerprint density at radius 3 is 2.22 bits per heavy atom. The average Bonchev–Trinajstić information content (AvgIpc) is 3.52. The Hall–Kier alpha value is -5.49. The number of pyridine rings is 1. The van der Waals surface area contributed by atoms with E-state index in [-0.39, 0.29) is 34.7 Å². The quantitative estimate of drug-likeness (QED) is 0.139. The van der Waals surface area contributed by atoms with E-state index in [0.29, 0.717) is 33.7 Å². The average molecular weight is 684 g/mol. The van der Waals surface area contributed by atoms with Crippen LogP contribution in [0, 0.1) is 10.1 Å². The Balaban J connectivity index is 1.56. The zero-order valence-electron chi connectivity index (χ0n) is 24.9. The lowest BCUT2D eigenvalue weighted by molar-refractivity contribution is -0.384. The van der Waals surface area contributed by atoms with E-state index >= 15 is 0 Å². The molecule has 1 aromatic heterocycles. The second-order valence-electron chi connectivity index (χ2n) is 10.4. The molecule has 1 atom stereocenters. The van der Waals surface area contributed by atoms with Crippen LogP contribution < -0.4 is 19.8 Å². The van der Waals surface area contributed by atoms with E-state index in [2.05, 4.69) is 20.9 Å². The number of carbonyl (C=O) groups is 1. The van der Waals surface area contributed by atoms with Gasteiger partial charge in [-0.2, -0.15) is 5.10 Å². The molecule has 0 aliphatic carbocycles. The van der Waals surface area contributed by atoms with E-state index in [1.54, 1.807) is 12.1 Å². The number of fused-ring (bicyclic) bond motifs is 1. The molecule has 0 spiro atoms. The normalized spacial score (nSPS) is 14.2. The molecule has 0 saturated carbocycles. The number of non-ortho nitro benzene ring substituents is 1. The number of nitrogens with zero attached hydrogens (tertiary/aromatic N) is 3. The molecule has 1 N–H and O–H groups in total. The SMILES string of the molecule is COc1cc(C(=O)N2N=C(c3c(-c4ccccc4)c4cc(Br)ccc4[nH]c3=O)C[C@H]2c2ccc([N+](=O)[O-])cc2)cc(OC)c1OC. The molecule has 46 heavy (non-hydrogen) atoms. The standard InChI is InChI=1S/C34H27BrN4O7/c1-44-28-15-21(16-29(45-2)32(28)46-3)34(41)38-27(19-9-12-23(13-10-19)39(42)43)18-26(37-38)31-30(20-7-5-4-6-8-20)24-17-22(35)11-14-25(24)36-33(31)40/h4-17,27H,18H2,1-3H3,(H,36,40)/t27-/m0/s1. The zero-order chi connectivity index (χ0) is 32.5. The summed E-state index contributed by atoms with van der Waals surface area (Å²) in [6.07, 6.45) is 0.163. The number of hydrogen-bond acceptors (Lipinski definition) is 8. The Kier molecular flexibility index (Phi) is 8.29. The van der Waals surface area contributed by atoms with Crippen molar-refractivity contribution in [3.8, 4) is 28.4 Å². The van der Waals surface area contributed by atoms with Gasteiger partial charge in [-0.3, -0.25) is 19.7 Å². The summed E-state index contributed by atoms with van der Waals surface area (Å²) in [6, 6.07) is 23.4. The number of amides is 1. The molecular formula is C34H27BrN4O7. The molecule has 232 valence electrons. The van der Waals surface area contributed by atoms with Gasteiger partial charge in [-0.05, 0) is 41.5 Å². The van der Waals surface area contributed by atoms with Crippen molar-refractivity contribution in [2.45, 2.75) is 12.5 Å². The van der Waals surface area contributed by atoms with Gasteiger partial charge < -0.3 is 19.2 Å². The number of H-pyrrole nitrogens is 1. The molecule has 11 nitrogen and oxygen atoms in total. The van der Waals surface area contributed by atoms with Crippen LogP contribution in [-0.4, -0.2) is 47.9 Å². The zero-order valence-corrected chi connectivity index (χ0v) is 26.5. The third kappa shape index (κ3) is 5.47. The number of methoxy groups -OCH3 is 3. The lowest BCUT2D eigenvalue weighted by Crippen LogP contribution is -2.27. The summed E-state index contributed by atoms with van der Waals surface area (Å²) in [5.74, 6) is 0.381. The maximum atomic E-state index is 14.3. The number of aromatic nitrogens is 1. The summed E-state index contributed by atoms with van der Waals surface area (Å²) >= 11 is 3.56.